The molecule has 2 N–H and O–H groups in total. The van der Waals surface area contributed by atoms with Crippen molar-refractivity contribution in [1.82, 2.24) is 10.3 Å². The molecule has 0 bridgehead atoms. The predicted octanol–water partition coefficient (Wildman–Crippen LogP) is 3.91. The SMILES string of the molecule is CCCO[C@@H](CC)[C@@H](Cc1ccccc1)[C@H](C)OC(=O)[C@H](C)NC(=O)c1nccc(OC)c1O. The smallest absolute Gasteiger partial charge is 0.328 e. The second-order valence-corrected chi connectivity index (χ2v) is 8.22. The van der Waals surface area contributed by atoms with Crippen molar-refractivity contribution < 1.29 is 28.9 Å². The quantitative estimate of drug-likeness (QED) is 0.426. The Morgan fingerprint density at radius 3 is 2.44 bits per heavy atom. The van der Waals surface area contributed by atoms with Crippen molar-refractivity contribution in [2.75, 3.05) is 13.7 Å². The predicted molar refractivity (Wildman–Crippen MR) is 129 cm³/mol. The van der Waals surface area contributed by atoms with Gasteiger partial charge in [0.05, 0.1) is 13.2 Å². The molecular formula is C26H36N2O6. The first-order chi connectivity index (χ1) is 16.3. The second-order valence-electron chi connectivity index (χ2n) is 8.22. The molecule has 2 aromatic rings. The van der Waals surface area contributed by atoms with Crippen molar-refractivity contribution in [3.05, 3.63) is 53.9 Å². The topological polar surface area (TPSA) is 107 Å². The lowest BCUT2D eigenvalue weighted by molar-refractivity contribution is -0.156. The number of nitrogens with one attached hydrogen (secondary N) is 1. The second kappa shape index (κ2) is 13.5. The van der Waals surface area contributed by atoms with Gasteiger partial charge in [-0.25, -0.2) is 9.78 Å². The molecule has 2 rings (SSSR count). The molecule has 1 amide bonds. The van der Waals surface area contributed by atoms with E-state index in [0.717, 1.165) is 18.4 Å². The van der Waals surface area contributed by atoms with Gasteiger partial charge in [-0.3, -0.25) is 4.79 Å². The molecule has 34 heavy (non-hydrogen) atoms. The average Bonchev–Trinajstić information content (AvgIpc) is 2.84. The number of esters is 1. The summed E-state index contributed by atoms with van der Waals surface area (Å²) in [6.07, 6.45) is 3.19. The van der Waals surface area contributed by atoms with Gasteiger partial charge in [-0.15, -0.1) is 0 Å². The van der Waals surface area contributed by atoms with Gasteiger partial charge in [0.1, 0.15) is 12.1 Å². The maximum absolute atomic E-state index is 12.8. The lowest BCUT2D eigenvalue weighted by Crippen LogP contribution is -2.43. The van der Waals surface area contributed by atoms with E-state index < -0.39 is 29.8 Å². The highest BCUT2D eigenvalue weighted by Crippen LogP contribution is 2.28. The maximum atomic E-state index is 12.8. The van der Waals surface area contributed by atoms with Crippen LogP contribution < -0.4 is 10.1 Å². The Balaban J connectivity index is 2.09. The Morgan fingerprint density at radius 1 is 1.12 bits per heavy atom. The number of pyridine rings is 1. The summed E-state index contributed by atoms with van der Waals surface area (Å²) in [4.78, 5) is 29.3. The van der Waals surface area contributed by atoms with Gasteiger partial charge in [0, 0.05) is 24.8 Å². The standard InChI is InChI=1S/C26H36N2O6/c1-6-15-33-21(7-2)20(16-19-11-9-8-10-12-19)18(4)34-26(31)17(3)28-25(30)23-24(29)22(32-5)13-14-27-23/h8-14,17-18,20-21,29H,6-7,15-16H2,1-5H3,(H,28,30)/t17-,18-,20-,21-/m0/s1. The Hall–Kier alpha value is -3.13. The molecule has 4 atom stereocenters. The summed E-state index contributed by atoms with van der Waals surface area (Å²) in [6.45, 7) is 8.13. The molecule has 0 aliphatic heterocycles. The molecule has 8 heteroatoms. The first-order valence-corrected chi connectivity index (χ1v) is 11.7. The highest BCUT2D eigenvalue weighted by molar-refractivity contribution is 5.97. The molecular weight excluding hydrogens is 436 g/mol. The van der Waals surface area contributed by atoms with Crippen LogP contribution >= 0.6 is 0 Å². The highest BCUT2D eigenvalue weighted by Gasteiger charge is 2.31. The molecule has 1 aromatic heterocycles. The van der Waals surface area contributed by atoms with Crippen LogP contribution in [-0.4, -0.2) is 53.9 Å². The minimum Gasteiger partial charge on any atom is -0.503 e. The molecule has 0 fully saturated rings. The van der Waals surface area contributed by atoms with E-state index >= 15 is 0 Å². The third-order valence-electron chi connectivity index (χ3n) is 5.66. The van der Waals surface area contributed by atoms with E-state index in [4.69, 9.17) is 14.2 Å². The van der Waals surface area contributed by atoms with Gasteiger partial charge in [0.15, 0.2) is 17.2 Å². The number of methoxy groups -OCH3 is 1. The third-order valence-corrected chi connectivity index (χ3v) is 5.66. The zero-order valence-corrected chi connectivity index (χ0v) is 20.6. The van der Waals surface area contributed by atoms with E-state index in [0.29, 0.717) is 13.0 Å². The van der Waals surface area contributed by atoms with E-state index in [9.17, 15) is 14.7 Å². The van der Waals surface area contributed by atoms with E-state index in [1.165, 1.54) is 26.3 Å². The Bertz CT molecular complexity index is 921. The Morgan fingerprint density at radius 2 is 1.82 bits per heavy atom. The number of carbonyl (C=O) groups is 2. The molecule has 0 spiro atoms. The molecule has 186 valence electrons. The van der Waals surface area contributed by atoms with Crippen LogP contribution in [0.25, 0.3) is 0 Å². The van der Waals surface area contributed by atoms with Crippen molar-refractivity contribution in [2.24, 2.45) is 5.92 Å². The number of carbonyl (C=O) groups excluding carboxylic acids is 2. The van der Waals surface area contributed by atoms with Crippen LogP contribution in [0.15, 0.2) is 42.6 Å². The van der Waals surface area contributed by atoms with Crippen LogP contribution in [-0.2, 0) is 20.7 Å². The van der Waals surface area contributed by atoms with E-state index in [2.05, 4.69) is 24.1 Å². The molecule has 0 unspecified atom stereocenters. The summed E-state index contributed by atoms with van der Waals surface area (Å²) in [6, 6.07) is 10.5. The van der Waals surface area contributed by atoms with Crippen LogP contribution in [0.4, 0.5) is 0 Å². The van der Waals surface area contributed by atoms with Crippen LogP contribution in [0, 0.1) is 5.92 Å². The number of hydrogen-bond acceptors (Lipinski definition) is 7. The number of hydrogen-bond donors (Lipinski definition) is 2. The number of aromatic hydroxyl groups is 1. The number of nitrogens with zero attached hydrogens (tertiary/aromatic N) is 1. The summed E-state index contributed by atoms with van der Waals surface area (Å²) < 4.78 is 16.9. The largest absolute Gasteiger partial charge is 0.503 e. The highest BCUT2D eigenvalue weighted by atomic mass is 16.5. The zero-order valence-electron chi connectivity index (χ0n) is 20.6. The molecule has 0 aliphatic rings. The molecule has 0 saturated carbocycles. The van der Waals surface area contributed by atoms with Gasteiger partial charge in [-0.1, -0.05) is 44.2 Å². The lowest BCUT2D eigenvalue weighted by Gasteiger charge is -2.32. The molecule has 1 heterocycles. The maximum Gasteiger partial charge on any atom is 0.328 e. The fourth-order valence-corrected chi connectivity index (χ4v) is 3.76. The summed E-state index contributed by atoms with van der Waals surface area (Å²) in [5, 5.41) is 12.7. The van der Waals surface area contributed by atoms with Crippen LogP contribution in [0.3, 0.4) is 0 Å². The summed E-state index contributed by atoms with van der Waals surface area (Å²) in [7, 11) is 1.37. The third kappa shape index (κ3) is 7.45. The minimum absolute atomic E-state index is 0.0603. The van der Waals surface area contributed by atoms with Crippen LogP contribution in [0.5, 0.6) is 11.5 Å². The molecule has 0 aliphatic carbocycles. The number of benzene rings is 1. The number of aromatic nitrogens is 1. The zero-order chi connectivity index (χ0) is 25.1. The van der Waals surface area contributed by atoms with Gasteiger partial charge in [0.2, 0.25) is 0 Å². The Labute approximate surface area is 201 Å². The number of ether oxygens (including phenoxy) is 3. The summed E-state index contributed by atoms with van der Waals surface area (Å²) >= 11 is 0. The fraction of sp³-hybridized carbons (Fsp3) is 0.500. The average molecular weight is 473 g/mol. The first kappa shape index (κ1) is 27.1. The lowest BCUT2D eigenvalue weighted by atomic mass is 9.88. The molecule has 0 radical (unpaired) electrons. The van der Waals surface area contributed by atoms with Gasteiger partial charge < -0.3 is 24.6 Å². The normalized spacial score (nSPS) is 14.5. The Kier molecular flexibility index (Phi) is 10.8. The number of amides is 1. The van der Waals surface area contributed by atoms with Gasteiger partial charge in [-0.05, 0) is 38.7 Å². The van der Waals surface area contributed by atoms with Gasteiger partial charge in [-0.2, -0.15) is 0 Å². The summed E-state index contributed by atoms with van der Waals surface area (Å²) in [5.74, 6) is -1.61. The van der Waals surface area contributed by atoms with Crippen molar-refractivity contribution in [3.63, 3.8) is 0 Å². The number of rotatable bonds is 13. The van der Waals surface area contributed by atoms with E-state index in [1.807, 2.05) is 37.3 Å². The van der Waals surface area contributed by atoms with E-state index in [-0.39, 0.29) is 23.5 Å². The first-order valence-electron chi connectivity index (χ1n) is 11.7. The van der Waals surface area contributed by atoms with Crippen molar-refractivity contribution in [2.45, 2.75) is 65.2 Å². The van der Waals surface area contributed by atoms with Crippen LogP contribution in [0.2, 0.25) is 0 Å². The molecule has 8 nitrogen and oxygen atoms in total. The van der Waals surface area contributed by atoms with Crippen molar-refractivity contribution >= 4 is 11.9 Å². The summed E-state index contributed by atoms with van der Waals surface area (Å²) in [5.41, 5.74) is 0.905. The molecule has 0 saturated heterocycles. The van der Waals surface area contributed by atoms with Gasteiger partial charge in [0.25, 0.3) is 5.91 Å². The van der Waals surface area contributed by atoms with Crippen molar-refractivity contribution in [3.8, 4) is 11.5 Å². The van der Waals surface area contributed by atoms with Crippen molar-refractivity contribution in [1.29, 1.82) is 0 Å². The fourth-order valence-electron chi connectivity index (χ4n) is 3.76. The minimum atomic E-state index is -0.948. The van der Waals surface area contributed by atoms with Gasteiger partial charge >= 0.3 is 5.97 Å². The monoisotopic (exact) mass is 472 g/mol. The van der Waals surface area contributed by atoms with E-state index in [1.54, 1.807) is 0 Å². The molecule has 1 aromatic carbocycles. The van der Waals surface area contributed by atoms with Crippen LogP contribution in [0.1, 0.15) is 56.6 Å².